The maximum atomic E-state index is 12.0. The van der Waals surface area contributed by atoms with Crippen LogP contribution in [0.25, 0.3) is 0 Å². The van der Waals surface area contributed by atoms with Crippen LogP contribution in [0.2, 0.25) is 0 Å². The van der Waals surface area contributed by atoms with Crippen molar-refractivity contribution < 1.29 is 21.6 Å². The first-order valence-electron chi connectivity index (χ1n) is 10.9. The molecule has 0 aliphatic carbocycles. The van der Waals surface area contributed by atoms with Crippen molar-refractivity contribution in [2.24, 2.45) is 0 Å². The molecule has 2 atom stereocenters. The molecule has 0 amide bonds. The lowest BCUT2D eigenvalue weighted by Crippen LogP contribution is -2.35. The number of ether oxygens (including phenoxy) is 1. The highest BCUT2D eigenvalue weighted by Crippen LogP contribution is 2.40. The summed E-state index contributed by atoms with van der Waals surface area (Å²) in [6.45, 7) is 1.38. The molecule has 0 aromatic heterocycles. The van der Waals surface area contributed by atoms with Gasteiger partial charge in [-0.25, -0.2) is 16.8 Å². The van der Waals surface area contributed by atoms with Gasteiger partial charge in [0.05, 0.1) is 18.2 Å². The lowest BCUT2D eigenvalue weighted by molar-refractivity contribution is 0.150. The van der Waals surface area contributed by atoms with Crippen LogP contribution < -0.4 is 8.45 Å². The van der Waals surface area contributed by atoms with Crippen molar-refractivity contribution in [1.29, 1.82) is 0 Å². The van der Waals surface area contributed by atoms with E-state index in [-0.39, 0.29) is 12.3 Å². The van der Waals surface area contributed by atoms with E-state index < -0.39 is 20.0 Å². The second-order valence-corrected chi connectivity index (χ2v) is 12.6. The fourth-order valence-corrected chi connectivity index (χ4v) is 7.92. The number of sulfonamides is 2. The molecule has 2 aromatic rings. The summed E-state index contributed by atoms with van der Waals surface area (Å²) in [5.74, 6) is 0.718. The first kappa shape index (κ1) is 23.1. The molecule has 9 heteroatoms. The highest BCUT2D eigenvalue weighted by molar-refractivity contribution is 8.09. The van der Waals surface area contributed by atoms with E-state index in [0.717, 1.165) is 24.3 Å². The fraction of sp³-hybridized carbons (Fsp3) is 0.478. The van der Waals surface area contributed by atoms with E-state index in [2.05, 4.69) is 17.0 Å². The second kappa shape index (κ2) is 9.03. The Morgan fingerprint density at radius 3 is 2.34 bits per heavy atom. The number of piperidine rings is 1. The SMILES string of the molecule is CS(=O)(=O)N(c1cccc(COc2ccc(C3CCC4CCCCN43)cc2)c1)S(C)(=O)=O. The van der Waals surface area contributed by atoms with Crippen LogP contribution in [0.5, 0.6) is 5.75 Å². The summed E-state index contributed by atoms with van der Waals surface area (Å²) in [5.41, 5.74) is 2.07. The van der Waals surface area contributed by atoms with Gasteiger partial charge in [-0.2, -0.15) is 3.71 Å². The maximum Gasteiger partial charge on any atom is 0.245 e. The van der Waals surface area contributed by atoms with Crippen molar-refractivity contribution in [2.75, 3.05) is 22.8 Å². The molecule has 2 unspecified atom stereocenters. The van der Waals surface area contributed by atoms with Gasteiger partial charge in [0.1, 0.15) is 12.4 Å². The maximum absolute atomic E-state index is 12.0. The summed E-state index contributed by atoms with van der Waals surface area (Å²) in [6.07, 6.45) is 8.15. The van der Waals surface area contributed by atoms with Crippen LogP contribution in [0.4, 0.5) is 5.69 Å². The summed E-state index contributed by atoms with van der Waals surface area (Å²) in [5, 5.41) is 0. The molecule has 4 rings (SSSR count). The minimum atomic E-state index is -3.98. The van der Waals surface area contributed by atoms with Crippen molar-refractivity contribution in [2.45, 2.75) is 50.8 Å². The van der Waals surface area contributed by atoms with Crippen LogP contribution >= 0.6 is 0 Å². The minimum Gasteiger partial charge on any atom is -0.489 e. The van der Waals surface area contributed by atoms with E-state index in [1.54, 1.807) is 12.1 Å². The molecule has 2 heterocycles. The van der Waals surface area contributed by atoms with Gasteiger partial charge in [0.15, 0.2) is 0 Å². The number of nitrogens with zero attached hydrogens (tertiary/aromatic N) is 2. The van der Waals surface area contributed by atoms with Crippen molar-refractivity contribution in [3.63, 3.8) is 0 Å². The van der Waals surface area contributed by atoms with Gasteiger partial charge >= 0.3 is 0 Å². The molecule has 0 spiro atoms. The van der Waals surface area contributed by atoms with Gasteiger partial charge in [-0.3, -0.25) is 4.90 Å². The molecule has 32 heavy (non-hydrogen) atoms. The number of hydrogen-bond acceptors (Lipinski definition) is 6. The zero-order chi connectivity index (χ0) is 22.9. The van der Waals surface area contributed by atoms with E-state index in [4.69, 9.17) is 4.74 Å². The van der Waals surface area contributed by atoms with Crippen LogP contribution in [0.15, 0.2) is 48.5 Å². The van der Waals surface area contributed by atoms with Crippen molar-refractivity contribution >= 4 is 25.7 Å². The summed E-state index contributed by atoms with van der Waals surface area (Å²) in [6, 6.07) is 15.8. The molecule has 0 saturated carbocycles. The second-order valence-electron chi connectivity index (χ2n) is 8.73. The standard InChI is InChI=1S/C23H30N2O5S2/c1-31(26,27)25(32(2,28)29)21-8-5-6-18(16-21)17-30-22-12-9-19(10-13-22)23-14-11-20-7-3-4-15-24(20)23/h5-6,8-10,12-13,16,20,23H,3-4,7,11,14-15,17H2,1-2H3. The normalized spacial score (nSPS) is 21.8. The molecular weight excluding hydrogens is 448 g/mol. The number of hydrogen-bond donors (Lipinski definition) is 0. The predicted molar refractivity (Wildman–Crippen MR) is 126 cm³/mol. The summed E-state index contributed by atoms with van der Waals surface area (Å²) in [4.78, 5) is 2.65. The molecular formula is C23H30N2O5S2. The molecule has 0 radical (unpaired) electrons. The van der Waals surface area contributed by atoms with Crippen LogP contribution in [-0.4, -0.2) is 46.8 Å². The van der Waals surface area contributed by atoms with E-state index in [1.165, 1.54) is 56.3 Å². The third-order valence-electron chi connectivity index (χ3n) is 6.24. The Balaban J connectivity index is 1.44. The molecule has 2 aliphatic heterocycles. The lowest BCUT2D eigenvalue weighted by Gasteiger charge is -2.34. The van der Waals surface area contributed by atoms with Crippen LogP contribution in [-0.2, 0) is 26.7 Å². The van der Waals surface area contributed by atoms with Gasteiger partial charge in [0.25, 0.3) is 0 Å². The van der Waals surface area contributed by atoms with E-state index >= 15 is 0 Å². The number of fused-ring (bicyclic) bond motifs is 1. The fourth-order valence-electron chi connectivity index (χ4n) is 4.96. The van der Waals surface area contributed by atoms with Gasteiger partial charge < -0.3 is 4.74 Å². The Morgan fingerprint density at radius 1 is 0.938 bits per heavy atom. The Kier molecular flexibility index (Phi) is 6.51. The van der Waals surface area contributed by atoms with Crippen molar-refractivity contribution in [3.05, 3.63) is 59.7 Å². The molecule has 0 N–H and O–H groups in total. The Morgan fingerprint density at radius 2 is 1.66 bits per heavy atom. The average molecular weight is 479 g/mol. The highest BCUT2D eigenvalue weighted by atomic mass is 32.3. The first-order valence-corrected chi connectivity index (χ1v) is 14.6. The van der Waals surface area contributed by atoms with Gasteiger partial charge in [-0.15, -0.1) is 0 Å². The lowest BCUT2D eigenvalue weighted by atomic mass is 10.0. The van der Waals surface area contributed by atoms with Gasteiger partial charge in [0, 0.05) is 12.1 Å². The van der Waals surface area contributed by atoms with E-state index in [0.29, 0.717) is 15.3 Å². The molecule has 174 valence electrons. The summed E-state index contributed by atoms with van der Waals surface area (Å²) in [7, 11) is -7.96. The molecule has 7 nitrogen and oxygen atoms in total. The third-order valence-corrected chi connectivity index (χ3v) is 9.49. The predicted octanol–water partition coefficient (Wildman–Crippen LogP) is 3.68. The molecule has 2 fully saturated rings. The first-order chi connectivity index (χ1) is 15.1. The summed E-state index contributed by atoms with van der Waals surface area (Å²) >= 11 is 0. The van der Waals surface area contributed by atoms with Gasteiger partial charge in [-0.1, -0.05) is 30.7 Å². The number of anilines is 1. The molecule has 2 saturated heterocycles. The Hall–Kier alpha value is -2.10. The molecule has 2 aliphatic rings. The molecule has 0 bridgehead atoms. The van der Waals surface area contributed by atoms with E-state index in [1.807, 2.05) is 12.1 Å². The molecule has 2 aromatic carbocycles. The number of rotatable bonds is 7. The quantitative estimate of drug-likeness (QED) is 0.604. The van der Waals surface area contributed by atoms with Crippen molar-refractivity contribution in [3.8, 4) is 5.75 Å². The summed E-state index contributed by atoms with van der Waals surface area (Å²) < 4.78 is 54.4. The average Bonchev–Trinajstić information content (AvgIpc) is 3.15. The van der Waals surface area contributed by atoms with Crippen LogP contribution in [0.1, 0.15) is 49.3 Å². The highest BCUT2D eigenvalue weighted by Gasteiger charge is 2.35. The minimum absolute atomic E-state index is 0.0729. The zero-order valence-electron chi connectivity index (χ0n) is 18.5. The van der Waals surface area contributed by atoms with Gasteiger partial charge in [-0.05, 0) is 67.6 Å². The zero-order valence-corrected chi connectivity index (χ0v) is 20.1. The van der Waals surface area contributed by atoms with Gasteiger partial charge in [0.2, 0.25) is 20.0 Å². The van der Waals surface area contributed by atoms with Crippen LogP contribution in [0, 0.1) is 0 Å². The van der Waals surface area contributed by atoms with E-state index in [9.17, 15) is 16.8 Å². The third kappa shape index (κ3) is 5.10. The largest absolute Gasteiger partial charge is 0.489 e. The van der Waals surface area contributed by atoms with Crippen molar-refractivity contribution in [1.82, 2.24) is 4.90 Å². The Bertz CT molecular complexity index is 1130. The number of benzene rings is 2. The van der Waals surface area contributed by atoms with Crippen LogP contribution in [0.3, 0.4) is 0 Å². The smallest absolute Gasteiger partial charge is 0.245 e. The Labute approximate surface area is 191 Å². The topological polar surface area (TPSA) is 84.0 Å². The monoisotopic (exact) mass is 478 g/mol.